The van der Waals surface area contributed by atoms with Crippen LogP contribution in [0.3, 0.4) is 0 Å². The molecule has 1 N–H and O–H groups in total. The fourth-order valence-corrected chi connectivity index (χ4v) is 5.00. The summed E-state index contributed by atoms with van der Waals surface area (Å²) in [5, 5.41) is 10.2. The topological polar surface area (TPSA) is 46.5 Å². The lowest BCUT2D eigenvalue weighted by Gasteiger charge is -2.11. The highest BCUT2D eigenvalue weighted by Crippen LogP contribution is 2.35. The summed E-state index contributed by atoms with van der Waals surface area (Å²) in [7, 11) is 0. The molecule has 206 valence electrons. The molecule has 0 unspecified atom stereocenters. The fraction of sp³-hybridized carbons (Fsp3) is 0.618. The molecule has 0 fully saturated rings. The number of hydrogen-bond acceptors (Lipinski definition) is 3. The molecule has 0 aliphatic carbocycles. The minimum Gasteiger partial charge on any atom is -0.507 e. The van der Waals surface area contributed by atoms with Gasteiger partial charge in [0.05, 0.1) is 0 Å². The first-order valence-electron chi connectivity index (χ1n) is 15.3. The van der Waals surface area contributed by atoms with E-state index < -0.39 is 0 Å². The van der Waals surface area contributed by atoms with Crippen molar-refractivity contribution in [3.8, 4) is 22.6 Å². The van der Waals surface area contributed by atoms with Crippen molar-refractivity contribution in [1.82, 2.24) is 0 Å². The summed E-state index contributed by atoms with van der Waals surface area (Å²) in [5.41, 5.74) is 1.41. The SMILES string of the molecule is CCCCCCCCCCCCCCCCCCCCCC(=O)Oc1ccccc1-c1ccccc1O. The third kappa shape index (κ3) is 14.3. The highest BCUT2D eigenvalue weighted by atomic mass is 16.5. The van der Waals surface area contributed by atoms with E-state index in [9.17, 15) is 9.90 Å². The van der Waals surface area contributed by atoms with Crippen LogP contribution in [0.1, 0.15) is 135 Å². The van der Waals surface area contributed by atoms with Crippen LogP contribution in [0.5, 0.6) is 11.5 Å². The van der Waals surface area contributed by atoms with Crippen molar-refractivity contribution in [1.29, 1.82) is 0 Å². The van der Waals surface area contributed by atoms with Gasteiger partial charge in [0.1, 0.15) is 11.5 Å². The third-order valence-electron chi connectivity index (χ3n) is 7.29. The van der Waals surface area contributed by atoms with Gasteiger partial charge in [-0.1, -0.05) is 159 Å². The van der Waals surface area contributed by atoms with Crippen LogP contribution in [0, 0.1) is 0 Å². The van der Waals surface area contributed by atoms with E-state index in [2.05, 4.69) is 6.92 Å². The van der Waals surface area contributed by atoms with Crippen molar-refractivity contribution in [2.45, 2.75) is 135 Å². The van der Waals surface area contributed by atoms with Crippen LogP contribution < -0.4 is 4.74 Å². The zero-order valence-corrected chi connectivity index (χ0v) is 23.5. The Bertz CT molecular complexity index is 844. The largest absolute Gasteiger partial charge is 0.507 e. The Morgan fingerprint density at radius 3 is 1.46 bits per heavy atom. The number of rotatable bonds is 22. The zero-order chi connectivity index (χ0) is 26.4. The molecule has 0 aliphatic heterocycles. The van der Waals surface area contributed by atoms with Crippen LogP contribution in [-0.2, 0) is 4.79 Å². The molecule has 2 aromatic carbocycles. The first-order valence-corrected chi connectivity index (χ1v) is 15.3. The van der Waals surface area contributed by atoms with E-state index >= 15 is 0 Å². The van der Waals surface area contributed by atoms with Gasteiger partial charge in [0.2, 0.25) is 0 Å². The molecular weight excluding hydrogens is 456 g/mol. The Balaban J connectivity index is 1.41. The summed E-state index contributed by atoms with van der Waals surface area (Å²) < 4.78 is 5.64. The second-order valence-corrected chi connectivity index (χ2v) is 10.6. The van der Waals surface area contributed by atoms with Crippen molar-refractivity contribution in [2.24, 2.45) is 0 Å². The van der Waals surface area contributed by atoms with Gasteiger partial charge < -0.3 is 9.84 Å². The van der Waals surface area contributed by atoms with Crippen molar-refractivity contribution in [3.05, 3.63) is 48.5 Å². The zero-order valence-electron chi connectivity index (χ0n) is 23.5. The molecule has 0 radical (unpaired) electrons. The normalized spacial score (nSPS) is 11.1. The second kappa shape index (κ2) is 20.7. The van der Waals surface area contributed by atoms with Gasteiger partial charge >= 0.3 is 5.97 Å². The van der Waals surface area contributed by atoms with E-state index in [4.69, 9.17) is 4.74 Å². The maximum absolute atomic E-state index is 12.4. The van der Waals surface area contributed by atoms with E-state index in [0.717, 1.165) is 18.4 Å². The molecule has 37 heavy (non-hydrogen) atoms. The number of para-hydroxylation sites is 2. The summed E-state index contributed by atoms with van der Waals surface area (Å²) in [6.45, 7) is 2.28. The molecule has 2 rings (SSSR count). The number of aromatic hydroxyl groups is 1. The van der Waals surface area contributed by atoms with Gasteiger partial charge in [-0.25, -0.2) is 0 Å². The number of ether oxygens (including phenoxy) is 1. The monoisotopic (exact) mass is 508 g/mol. The Morgan fingerprint density at radius 1 is 0.568 bits per heavy atom. The van der Waals surface area contributed by atoms with Crippen LogP contribution in [0.2, 0.25) is 0 Å². The Labute approximate surface area is 227 Å². The number of benzene rings is 2. The molecule has 0 saturated heterocycles. The molecule has 0 bridgehead atoms. The summed E-state index contributed by atoms with van der Waals surface area (Å²) in [6.07, 6.45) is 25.9. The minimum absolute atomic E-state index is 0.185. The van der Waals surface area contributed by atoms with Crippen molar-refractivity contribution >= 4 is 5.97 Å². The predicted octanol–water partition coefficient (Wildman–Crippen LogP) is 10.8. The molecule has 2 aromatic rings. The highest BCUT2D eigenvalue weighted by molar-refractivity contribution is 5.80. The smallest absolute Gasteiger partial charge is 0.311 e. The Kier molecular flexibility index (Phi) is 17.3. The van der Waals surface area contributed by atoms with Gasteiger partial charge in [0.25, 0.3) is 0 Å². The third-order valence-corrected chi connectivity index (χ3v) is 7.29. The summed E-state index contributed by atoms with van der Waals surface area (Å²) in [5.74, 6) is 0.492. The van der Waals surface area contributed by atoms with Crippen molar-refractivity contribution in [2.75, 3.05) is 0 Å². The lowest BCUT2D eigenvalue weighted by atomic mass is 10.0. The number of carbonyl (C=O) groups excluding carboxylic acids is 1. The number of esters is 1. The van der Waals surface area contributed by atoms with Crippen LogP contribution in [0.25, 0.3) is 11.1 Å². The maximum Gasteiger partial charge on any atom is 0.311 e. The van der Waals surface area contributed by atoms with Crippen LogP contribution >= 0.6 is 0 Å². The Hall–Kier alpha value is -2.29. The minimum atomic E-state index is -0.199. The number of hydrogen-bond donors (Lipinski definition) is 1. The predicted molar refractivity (Wildman–Crippen MR) is 157 cm³/mol. The quantitative estimate of drug-likeness (QED) is 0.0977. The summed E-state index contributed by atoms with van der Waals surface area (Å²) in [4.78, 5) is 12.4. The fourth-order valence-electron chi connectivity index (χ4n) is 5.00. The molecule has 0 saturated carbocycles. The number of carbonyl (C=O) groups is 1. The second-order valence-electron chi connectivity index (χ2n) is 10.6. The van der Waals surface area contributed by atoms with E-state index in [0.29, 0.717) is 17.7 Å². The van der Waals surface area contributed by atoms with Crippen LogP contribution in [0.4, 0.5) is 0 Å². The van der Waals surface area contributed by atoms with E-state index in [-0.39, 0.29) is 11.7 Å². The summed E-state index contributed by atoms with van der Waals surface area (Å²) >= 11 is 0. The lowest BCUT2D eigenvalue weighted by Crippen LogP contribution is -2.08. The number of phenolic OH excluding ortho intramolecular Hbond substituents is 1. The average molecular weight is 509 g/mol. The van der Waals surface area contributed by atoms with Crippen LogP contribution in [0.15, 0.2) is 48.5 Å². The molecule has 0 spiro atoms. The van der Waals surface area contributed by atoms with Crippen LogP contribution in [-0.4, -0.2) is 11.1 Å². The molecule has 3 heteroatoms. The molecule has 0 aliphatic rings. The van der Waals surface area contributed by atoms with Gasteiger partial charge in [-0.3, -0.25) is 4.79 Å². The van der Waals surface area contributed by atoms with Crippen molar-refractivity contribution in [3.63, 3.8) is 0 Å². The highest BCUT2D eigenvalue weighted by Gasteiger charge is 2.12. The first kappa shape index (κ1) is 30.9. The average Bonchev–Trinajstić information content (AvgIpc) is 2.91. The van der Waals surface area contributed by atoms with Gasteiger partial charge in [0.15, 0.2) is 0 Å². The van der Waals surface area contributed by atoms with E-state index in [1.807, 2.05) is 30.3 Å². The maximum atomic E-state index is 12.4. The van der Waals surface area contributed by atoms with Gasteiger partial charge in [-0.05, 0) is 18.6 Å². The first-order chi connectivity index (χ1) is 18.2. The molecular formula is C34H52O3. The molecule has 0 heterocycles. The van der Waals surface area contributed by atoms with Crippen molar-refractivity contribution < 1.29 is 14.6 Å². The molecule has 0 aromatic heterocycles. The van der Waals surface area contributed by atoms with Gasteiger partial charge in [-0.2, -0.15) is 0 Å². The van der Waals surface area contributed by atoms with E-state index in [1.165, 1.54) is 109 Å². The standard InChI is InChI=1S/C34H52O3/c1-2-3-4-5-6-7-8-9-10-11-12-13-14-15-16-17-18-19-20-29-34(36)37-33-28-24-22-26-31(33)30-25-21-23-27-32(30)35/h21-28,35H,2-20,29H2,1H3. The van der Waals surface area contributed by atoms with E-state index in [1.54, 1.807) is 18.2 Å². The molecule has 0 atom stereocenters. The van der Waals surface area contributed by atoms with Gasteiger partial charge in [-0.15, -0.1) is 0 Å². The Morgan fingerprint density at radius 2 is 0.973 bits per heavy atom. The number of unbranched alkanes of at least 4 members (excludes halogenated alkanes) is 18. The molecule has 3 nitrogen and oxygen atoms in total. The molecule has 0 amide bonds. The lowest BCUT2D eigenvalue weighted by molar-refractivity contribution is -0.134. The number of phenols is 1. The summed E-state index contributed by atoms with van der Waals surface area (Å²) in [6, 6.07) is 14.5. The van der Waals surface area contributed by atoms with Gasteiger partial charge in [0, 0.05) is 17.5 Å².